The van der Waals surface area contributed by atoms with E-state index in [-0.39, 0.29) is 18.5 Å². The Bertz CT molecular complexity index is 341. The van der Waals surface area contributed by atoms with Crippen LogP contribution in [0.4, 0.5) is 0 Å². The molecule has 0 saturated carbocycles. The van der Waals surface area contributed by atoms with Crippen LogP contribution in [0.25, 0.3) is 0 Å². The highest BCUT2D eigenvalue weighted by molar-refractivity contribution is 7.87. The van der Waals surface area contributed by atoms with Gasteiger partial charge in [-0.3, -0.25) is 4.79 Å². The fourth-order valence-electron chi connectivity index (χ4n) is 1.33. The zero-order valence-electron chi connectivity index (χ0n) is 11.2. The summed E-state index contributed by atoms with van der Waals surface area (Å²) in [5.74, 6) is -0.0385. The quantitative estimate of drug-likeness (QED) is 0.706. The van der Waals surface area contributed by atoms with Crippen LogP contribution in [0.2, 0.25) is 0 Å². The molecule has 1 N–H and O–H groups in total. The van der Waals surface area contributed by atoms with Crippen LogP contribution >= 0.6 is 0 Å². The Morgan fingerprint density at radius 3 is 2.24 bits per heavy atom. The van der Waals surface area contributed by atoms with Gasteiger partial charge in [0.1, 0.15) is 0 Å². The molecule has 102 valence electrons. The maximum Gasteiger partial charge on any atom is 0.278 e. The summed E-state index contributed by atoms with van der Waals surface area (Å²) >= 11 is 0. The summed E-state index contributed by atoms with van der Waals surface area (Å²) in [4.78, 5) is 13.0. The molecule has 0 aliphatic heterocycles. The molecule has 0 bridgehead atoms. The number of rotatable bonds is 7. The van der Waals surface area contributed by atoms with Crippen molar-refractivity contribution in [2.45, 2.75) is 33.2 Å². The Hall–Kier alpha value is -0.660. The van der Waals surface area contributed by atoms with Gasteiger partial charge in [0, 0.05) is 40.2 Å². The van der Waals surface area contributed by atoms with Crippen LogP contribution in [0.1, 0.15) is 27.2 Å². The third-order valence-electron chi connectivity index (χ3n) is 2.65. The van der Waals surface area contributed by atoms with Crippen molar-refractivity contribution in [3.8, 4) is 0 Å². The number of carbonyl (C=O) groups excluding carboxylic acids is 1. The lowest BCUT2D eigenvalue weighted by atomic mass is 10.2. The molecule has 17 heavy (non-hydrogen) atoms. The van der Waals surface area contributed by atoms with Gasteiger partial charge in [-0.2, -0.15) is 12.7 Å². The van der Waals surface area contributed by atoms with E-state index >= 15 is 0 Å². The maximum absolute atomic E-state index is 11.4. The minimum absolute atomic E-state index is 0.0385. The molecule has 0 rings (SSSR count). The normalized spacial score (nSPS) is 13.8. The molecule has 1 unspecified atom stereocenters. The number of carbonyl (C=O) groups is 1. The molecule has 0 aromatic heterocycles. The topological polar surface area (TPSA) is 69.7 Å². The van der Waals surface area contributed by atoms with Crippen molar-refractivity contribution in [1.82, 2.24) is 13.9 Å². The highest BCUT2D eigenvalue weighted by Gasteiger charge is 2.17. The largest absolute Gasteiger partial charge is 0.339 e. The van der Waals surface area contributed by atoms with Crippen LogP contribution in [-0.2, 0) is 15.0 Å². The molecule has 0 aromatic carbocycles. The smallest absolute Gasteiger partial charge is 0.278 e. The number of hydrogen-bond acceptors (Lipinski definition) is 3. The maximum atomic E-state index is 11.4. The molecule has 0 saturated heterocycles. The van der Waals surface area contributed by atoms with Crippen molar-refractivity contribution < 1.29 is 13.2 Å². The summed E-state index contributed by atoms with van der Waals surface area (Å²) in [6, 6.07) is 0.122. The monoisotopic (exact) mass is 265 g/mol. The molecular weight excluding hydrogens is 242 g/mol. The summed E-state index contributed by atoms with van der Waals surface area (Å²) in [6.07, 6.45) is 0.847. The van der Waals surface area contributed by atoms with Crippen LogP contribution in [0.15, 0.2) is 0 Å². The van der Waals surface area contributed by atoms with E-state index in [1.54, 1.807) is 4.90 Å². The van der Waals surface area contributed by atoms with Crippen LogP contribution in [-0.4, -0.2) is 56.8 Å². The van der Waals surface area contributed by atoms with E-state index in [0.29, 0.717) is 6.54 Å². The van der Waals surface area contributed by atoms with E-state index in [4.69, 9.17) is 0 Å². The molecule has 0 aliphatic carbocycles. The van der Waals surface area contributed by atoms with Gasteiger partial charge in [-0.1, -0.05) is 6.92 Å². The van der Waals surface area contributed by atoms with Gasteiger partial charge in [0.05, 0.1) is 0 Å². The second kappa shape index (κ2) is 6.93. The molecule has 1 atom stereocenters. The van der Waals surface area contributed by atoms with Crippen LogP contribution in [0.5, 0.6) is 0 Å². The summed E-state index contributed by atoms with van der Waals surface area (Å²) < 4.78 is 26.4. The van der Waals surface area contributed by atoms with Gasteiger partial charge in [0.25, 0.3) is 10.2 Å². The van der Waals surface area contributed by atoms with Gasteiger partial charge >= 0.3 is 0 Å². The molecule has 0 aliphatic rings. The Kier molecular flexibility index (Phi) is 6.66. The lowest BCUT2D eigenvalue weighted by Gasteiger charge is -2.27. The summed E-state index contributed by atoms with van der Waals surface area (Å²) in [5, 5.41) is 0. The van der Waals surface area contributed by atoms with E-state index in [9.17, 15) is 13.2 Å². The molecular formula is C10H23N3O3S. The molecule has 0 heterocycles. The molecule has 0 aromatic rings. The number of nitrogens with one attached hydrogen (secondary N) is 1. The fourth-order valence-corrected chi connectivity index (χ4v) is 1.94. The van der Waals surface area contributed by atoms with Gasteiger partial charge in [-0.25, -0.2) is 4.72 Å². The zero-order chi connectivity index (χ0) is 13.6. The minimum atomic E-state index is -3.41. The zero-order valence-corrected chi connectivity index (χ0v) is 12.0. The van der Waals surface area contributed by atoms with Crippen LogP contribution in [0.3, 0.4) is 0 Å². The van der Waals surface area contributed by atoms with Gasteiger partial charge in [-0.05, 0) is 13.3 Å². The van der Waals surface area contributed by atoms with Crippen molar-refractivity contribution in [2.24, 2.45) is 0 Å². The molecule has 0 radical (unpaired) electrons. The van der Waals surface area contributed by atoms with Gasteiger partial charge in [-0.15, -0.1) is 0 Å². The van der Waals surface area contributed by atoms with Crippen molar-refractivity contribution in [2.75, 3.05) is 27.2 Å². The highest BCUT2D eigenvalue weighted by atomic mass is 32.2. The number of nitrogens with zero attached hydrogens (tertiary/aromatic N) is 2. The van der Waals surface area contributed by atoms with E-state index in [1.807, 2.05) is 13.8 Å². The van der Waals surface area contributed by atoms with Crippen molar-refractivity contribution >= 4 is 16.1 Å². The fraction of sp³-hybridized carbons (Fsp3) is 0.900. The van der Waals surface area contributed by atoms with Crippen LogP contribution < -0.4 is 4.72 Å². The third kappa shape index (κ3) is 5.47. The highest BCUT2D eigenvalue weighted by Crippen LogP contribution is 2.03. The Morgan fingerprint density at radius 1 is 1.35 bits per heavy atom. The Labute approximate surface area is 104 Å². The average Bonchev–Trinajstić information content (AvgIpc) is 2.22. The van der Waals surface area contributed by atoms with Crippen LogP contribution in [0, 0.1) is 0 Å². The third-order valence-corrected chi connectivity index (χ3v) is 4.18. The van der Waals surface area contributed by atoms with Crippen molar-refractivity contribution in [3.05, 3.63) is 0 Å². The second-order valence-electron chi connectivity index (χ2n) is 4.15. The lowest BCUT2D eigenvalue weighted by Crippen LogP contribution is -2.44. The van der Waals surface area contributed by atoms with Crippen molar-refractivity contribution in [3.63, 3.8) is 0 Å². The SMILES string of the molecule is CCC(C)N(CCNS(=O)(=O)N(C)C)C(C)=O. The average molecular weight is 265 g/mol. The minimum Gasteiger partial charge on any atom is -0.339 e. The first-order valence-corrected chi connectivity index (χ1v) is 7.10. The molecule has 6 nitrogen and oxygen atoms in total. The van der Waals surface area contributed by atoms with Gasteiger partial charge < -0.3 is 4.90 Å². The Balaban J connectivity index is 4.30. The number of hydrogen-bond donors (Lipinski definition) is 1. The number of amides is 1. The molecule has 7 heteroatoms. The second-order valence-corrected chi connectivity index (χ2v) is 6.12. The molecule has 1 amide bonds. The van der Waals surface area contributed by atoms with Gasteiger partial charge in [0.2, 0.25) is 5.91 Å². The summed E-state index contributed by atoms with van der Waals surface area (Å²) in [6.45, 7) is 6.04. The van der Waals surface area contributed by atoms with E-state index < -0.39 is 10.2 Å². The van der Waals surface area contributed by atoms with E-state index in [1.165, 1.54) is 21.0 Å². The first kappa shape index (κ1) is 16.3. The molecule has 0 spiro atoms. The first-order valence-electron chi connectivity index (χ1n) is 5.66. The standard InChI is InChI=1S/C10H23N3O3S/c1-6-9(2)13(10(3)14)8-7-11-17(15,16)12(4)5/h9,11H,6-8H2,1-5H3. The Morgan fingerprint density at radius 2 is 1.88 bits per heavy atom. The predicted octanol–water partition coefficient (Wildman–Crippen LogP) is 0.0294. The van der Waals surface area contributed by atoms with E-state index in [2.05, 4.69) is 4.72 Å². The molecule has 0 fully saturated rings. The van der Waals surface area contributed by atoms with Gasteiger partial charge in [0.15, 0.2) is 0 Å². The predicted molar refractivity (Wildman–Crippen MR) is 67.7 cm³/mol. The summed E-state index contributed by atoms with van der Waals surface area (Å²) in [7, 11) is -0.490. The van der Waals surface area contributed by atoms with E-state index in [0.717, 1.165) is 10.7 Å². The summed E-state index contributed by atoms with van der Waals surface area (Å²) in [5.41, 5.74) is 0. The lowest BCUT2D eigenvalue weighted by molar-refractivity contribution is -0.130. The van der Waals surface area contributed by atoms with Crippen molar-refractivity contribution in [1.29, 1.82) is 0 Å². The first-order chi connectivity index (χ1) is 7.72.